The zero-order chi connectivity index (χ0) is 21.8. The lowest BCUT2D eigenvalue weighted by Gasteiger charge is -2.27. The minimum absolute atomic E-state index is 0.355. The zero-order valence-corrected chi connectivity index (χ0v) is 18.8. The number of halogens is 1. The van der Waals surface area contributed by atoms with Crippen LogP contribution in [0.25, 0.3) is 0 Å². The van der Waals surface area contributed by atoms with Crippen molar-refractivity contribution in [1.82, 2.24) is 19.7 Å². The maximum atomic E-state index is 12.9. The Morgan fingerprint density at radius 3 is 2.81 bits per heavy atom. The molecular formula is C22H22ClN5O2S. The first-order chi connectivity index (χ1) is 15.1. The zero-order valence-electron chi connectivity index (χ0n) is 17.2. The number of allylic oxidation sites excluding steroid dienone is 1. The van der Waals surface area contributed by atoms with E-state index in [4.69, 9.17) is 16.3 Å². The fourth-order valence-electron chi connectivity index (χ4n) is 3.30. The molecule has 1 N–H and O–H groups in total. The molecule has 0 saturated heterocycles. The Bertz CT molecular complexity index is 1120. The summed E-state index contributed by atoms with van der Waals surface area (Å²) in [7, 11) is 0. The SMILES string of the molecule is CCCOC(=O)C1=C(C)Nc2nc(SCc3ccccc3Cl)nn2C1c1ccccn1. The van der Waals surface area contributed by atoms with Crippen LogP contribution in [0.1, 0.15) is 37.6 Å². The number of aromatic nitrogens is 4. The van der Waals surface area contributed by atoms with Crippen molar-refractivity contribution in [2.75, 3.05) is 11.9 Å². The van der Waals surface area contributed by atoms with E-state index in [1.165, 1.54) is 11.8 Å². The molecule has 0 saturated carbocycles. The Morgan fingerprint density at radius 1 is 1.26 bits per heavy atom. The van der Waals surface area contributed by atoms with Crippen LogP contribution in [0.2, 0.25) is 5.02 Å². The Hall–Kier alpha value is -2.84. The van der Waals surface area contributed by atoms with E-state index < -0.39 is 6.04 Å². The lowest BCUT2D eigenvalue weighted by molar-refractivity contribution is -0.139. The number of rotatable bonds is 7. The van der Waals surface area contributed by atoms with Gasteiger partial charge in [-0.15, -0.1) is 5.10 Å². The van der Waals surface area contributed by atoms with E-state index in [1.54, 1.807) is 10.9 Å². The van der Waals surface area contributed by atoms with E-state index in [0.29, 0.717) is 45.5 Å². The number of anilines is 1. The van der Waals surface area contributed by atoms with Crippen molar-refractivity contribution >= 4 is 35.3 Å². The van der Waals surface area contributed by atoms with Crippen LogP contribution in [0.4, 0.5) is 5.95 Å². The summed E-state index contributed by atoms with van der Waals surface area (Å²) in [6, 6.07) is 12.8. The van der Waals surface area contributed by atoms with Crippen LogP contribution in [-0.4, -0.2) is 32.3 Å². The van der Waals surface area contributed by atoms with Crippen molar-refractivity contribution in [1.29, 1.82) is 0 Å². The van der Waals surface area contributed by atoms with Gasteiger partial charge in [0, 0.05) is 22.7 Å². The van der Waals surface area contributed by atoms with Crippen molar-refractivity contribution in [3.63, 3.8) is 0 Å². The third-order valence-corrected chi connectivity index (χ3v) is 6.03. The first kappa shape index (κ1) is 21.4. The van der Waals surface area contributed by atoms with E-state index in [2.05, 4.69) is 20.4 Å². The molecule has 1 unspecified atom stereocenters. The summed E-state index contributed by atoms with van der Waals surface area (Å²) in [5, 5.41) is 9.17. The Kier molecular flexibility index (Phi) is 6.58. The van der Waals surface area contributed by atoms with Crippen molar-refractivity contribution < 1.29 is 9.53 Å². The molecule has 0 radical (unpaired) electrons. The third-order valence-electron chi connectivity index (χ3n) is 4.77. The largest absolute Gasteiger partial charge is 0.462 e. The summed E-state index contributed by atoms with van der Waals surface area (Å²) >= 11 is 7.75. The average molecular weight is 456 g/mol. The number of esters is 1. The molecule has 0 amide bonds. The number of hydrogen-bond acceptors (Lipinski definition) is 7. The number of benzene rings is 1. The highest BCUT2D eigenvalue weighted by molar-refractivity contribution is 7.98. The molecule has 1 aliphatic rings. The number of nitrogens with one attached hydrogen (secondary N) is 1. The predicted octanol–water partition coefficient (Wildman–Crippen LogP) is 4.86. The van der Waals surface area contributed by atoms with E-state index in [9.17, 15) is 4.79 Å². The molecule has 4 rings (SSSR count). The lowest BCUT2D eigenvalue weighted by atomic mass is 10.00. The number of fused-ring (bicyclic) bond motifs is 1. The maximum Gasteiger partial charge on any atom is 0.338 e. The number of thioether (sulfide) groups is 1. The second-order valence-electron chi connectivity index (χ2n) is 7.00. The molecule has 1 aromatic carbocycles. The van der Waals surface area contributed by atoms with Crippen LogP contribution in [0.5, 0.6) is 0 Å². The molecule has 1 aliphatic heterocycles. The summed E-state index contributed by atoms with van der Waals surface area (Å²) in [4.78, 5) is 22.0. The van der Waals surface area contributed by atoms with Gasteiger partial charge >= 0.3 is 5.97 Å². The highest BCUT2D eigenvalue weighted by atomic mass is 35.5. The van der Waals surface area contributed by atoms with E-state index in [0.717, 1.165) is 12.0 Å². The molecule has 1 atom stereocenters. The second kappa shape index (κ2) is 9.53. The van der Waals surface area contributed by atoms with Crippen molar-refractivity contribution in [3.05, 3.63) is 76.2 Å². The molecule has 31 heavy (non-hydrogen) atoms. The Labute approximate surface area is 189 Å². The van der Waals surface area contributed by atoms with E-state index in [-0.39, 0.29) is 5.97 Å². The summed E-state index contributed by atoms with van der Waals surface area (Å²) < 4.78 is 7.15. The van der Waals surface area contributed by atoms with E-state index in [1.807, 2.05) is 56.3 Å². The number of nitrogens with zero attached hydrogens (tertiary/aromatic N) is 4. The monoisotopic (exact) mass is 455 g/mol. The van der Waals surface area contributed by atoms with Gasteiger partial charge in [-0.05, 0) is 37.1 Å². The molecular weight excluding hydrogens is 434 g/mol. The normalized spacial score (nSPS) is 15.4. The smallest absolute Gasteiger partial charge is 0.338 e. The van der Waals surface area contributed by atoms with Crippen molar-refractivity contribution in [2.45, 2.75) is 37.2 Å². The van der Waals surface area contributed by atoms with Gasteiger partial charge in [0.1, 0.15) is 6.04 Å². The van der Waals surface area contributed by atoms with Gasteiger partial charge in [-0.25, -0.2) is 9.48 Å². The first-order valence-electron chi connectivity index (χ1n) is 9.97. The molecule has 160 valence electrons. The number of pyridine rings is 1. The van der Waals surface area contributed by atoms with Gasteiger partial charge in [0.25, 0.3) is 0 Å². The fourth-order valence-corrected chi connectivity index (χ4v) is 4.41. The molecule has 2 aromatic heterocycles. The number of carbonyl (C=O) groups excluding carboxylic acids is 1. The van der Waals surface area contributed by atoms with Gasteiger partial charge in [0.05, 0.1) is 17.9 Å². The number of hydrogen-bond donors (Lipinski definition) is 1. The minimum atomic E-state index is -0.524. The summed E-state index contributed by atoms with van der Waals surface area (Å²) in [6.45, 7) is 4.16. The fraction of sp³-hybridized carbons (Fsp3) is 0.273. The third kappa shape index (κ3) is 4.60. The topological polar surface area (TPSA) is 81.9 Å². The quantitative estimate of drug-likeness (QED) is 0.402. The van der Waals surface area contributed by atoms with Gasteiger partial charge < -0.3 is 10.1 Å². The molecule has 0 fully saturated rings. The van der Waals surface area contributed by atoms with E-state index >= 15 is 0 Å². The van der Waals surface area contributed by atoms with Crippen molar-refractivity contribution in [3.8, 4) is 0 Å². The highest BCUT2D eigenvalue weighted by Crippen LogP contribution is 2.36. The Morgan fingerprint density at radius 2 is 2.06 bits per heavy atom. The number of ether oxygens (including phenoxy) is 1. The standard InChI is InChI=1S/C22H22ClN5O2S/c1-3-12-30-20(29)18-14(2)25-21-26-22(31-13-15-8-4-5-9-16(15)23)27-28(21)19(18)17-10-6-7-11-24-17/h4-11,19H,3,12-13H2,1-2H3,(H,25,26,27). The van der Waals surface area contributed by atoms with Crippen LogP contribution in [0.15, 0.2) is 65.1 Å². The highest BCUT2D eigenvalue weighted by Gasteiger charge is 2.36. The summed E-state index contributed by atoms with van der Waals surface area (Å²) in [5.74, 6) is 0.811. The van der Waals surface area contributed by atoms with Crippen molar-refractivity contribution in [2.24, 2.45) is 0 Å². The molecule has 7 nitrogen and oxygen atoms in total. The predicted molar refractivity (Wildman–Crippen MR) is 121 cm³/mol. The van der Waals surface area contributed by atoms with Crippen LogP contribution in [-0.2, 0) is 15.3 Å². The first-order valence-corrected chi connectivity index (χ1v) is 11.3. The lowest BCUT2D eigenvalue weighted by Crippen LogP contribution is -2.30. The maximum absolute atomic E-state index is 12.9. The van der Waals surface area contributed by atoms with Gasteiger partial charge in [0.2, 0.25) is 11.1 Å². The summed E-state index contributed by atoms with van der Waals surface area (Å²) in [6.07, 6.45) is 2.45. The molecule has 9 heteroatoms. The summed E-state index contributed by atoms with van der Waals surface area (Å²) in [5.41, 5.74) is 2.86. The van der Waals surface area contributed by atoms with Gasteiger partial charge in [-0.3, -0.25) is 4.98 Å². The molecule has 3 aromatic rings. The number of carbonyl (C=O) groups is 1. The average Bonchev–Trinajstić information content (AvgIpc) is 3.18. The second-order valence-corrected chi connectivity index (χ2v) is 8.35. The molecule has 0 aliphatic carbocycles. The van der Waals surface area contributed by atoms with Crippen LogP contribution in [0.3, 0.4) is 0 Å². The molecule has 0 bridgehead atoms. The van der Waals surface area contributed by atoms with Crippen LogP contribution < -0.4 is 5.32 Å². The van der Waals surface area contributed by atoms with Gasteiger partial charge in [-0.2, -0.15) is 4.98 Å². The molecule has 3 heterocycles. The van der Waals surface area contributed by atoms with Gasteiger partial charge in [-0.1, -0.05) is 54.6 Å². The Balaban J connectivity index is 1.67. The molecule has 0 spiro atoms. The minimum Gasteiger partial charge on any atom is -0.462 e. The van der Waals surface area contributed by atoms with Crippen LogP contribution in [0, 0.1) is 0 Å². The van der Waals surface area contributed by atoms with Gasteiger partial charge in [0.15, 0.2) is 0 Å². The van der Waals surface area contributed by atoms with Crippen LogP contribution >= 0.6 is 23.4 Å².